The Labute approximate surface area is 85.9 Å². The fourth-order valence-electron chi connectivity index (χ4n) is 1.61. The van der Waals surface area contributed by atoms with Crippen LogP contribution in [0.4, 0.5) is 0 Å². The Morgan fingerprint density at radius 2 is 2.14 bits per heavy atom. The van der Waals surface area contributed by atoms with E-state index in [2.05, 4.69) is 17.9 Å². The minimum absolute atomic E-state index is 0.712. The average molecular weight is 196 g/mol. The van der Waals surface area contributed by atoms with E-state index in [1.807, 2.05) is 13.8 Å². The zero-order valence-corrected chi connectivity index (χ0v) is 9.34. The van der Waals surface area contributed by atoms with E-state index in [1.165, 1.54) is 5.56 Å². The number of nitrogens with two attached hydrogens (primary N) is 1. The molecule has 1 rings (SSSR count). The summed E-state index contributed by atoms with van der Waals surface area (Å²) in [5, 5.41) is 0. The fourth-order valence-corrected chi connectivity index (χ4v) is 1.61. The molecule has 0 bridgehead atoms. The van der Waals surface area contributed by atoms with E-state index < -0.39 is 0 Å². The van der Waals surface area contributed by atoms with Crippen LogP contribution in [0, 0.1) is 13.8 Å². The summed E-state index contributed by atoms with van der Waals surface area (Å²) in [6.07, 6.45) is 0. The predicted octanol–water partition coefficient (Wildman–Crippen LogP) is 1.68. The summed E-state index contributed by atoms with van der Waals surface area (Å²) < 4.78 is 5.48. The molecule has 0 amide bonds. The smallest absolute Gasteiger partial charge is 0.105 e. The van der Waals surface area contributed by atoms with Crippen LogP contribution < -0.4 is 5.73 Å². The first kappa shape index (κ1) is 11.3. The van der Waals surface area contributed by atoms with Gasteiger partial charge in [-0.1, -0.05) is 6.92 Å². The number of nitrogens with zero attached hydrogens (tertiary/aromatic N) is 1. The third kappa shape index (κ3) is 2.86. The van der Waals surface area contributed by atoms with Crippen molar-refractivity contribution in [2.24, 2.45) is 5.73 Å². The highest BCUT2D eigenvalue weighted by Crippen LogP contribution is 2.15. The predicted molar refractivity (Wildman–Crippen MR) is 58.2 cm³/mol. The number of hydrogen-bond acceptors (Lipinski definition) is 3. The molecule has 0 aliphatic rings. The van der Waals surface area contributed by atoms with Crippen molar-refractivity contribution in [1.82, 2.24) is 4.90 Å². The monoisotopic (exact) mass is 196 g/mol. The van der Waals surface area contributed by atoms with E-state index in [4.69, 9.17) is 10.2 Å². The third-order valence-corrected chi connectivity index (χ3v) is 2.43. The van der Waals surface area contributed by atoms with Gasteiger partial charge in [0.1, 0.15) is 11.5 Å². The topological polar surface area (TPSA) is 42.4 Å². The molecule has 0 aromatic carbocycles. The molecule has 0 saturated carbocycles. The molecule has 0 fully saturated rings. The van der Waals surface area contributed by atoms with Crippen LogP contribution in [0.1, 0.15) is 24.0 Å². The van der Waals surface area contributed by atoms with E-state index in [0.717, 1.165) is 31.2 Å². The van der Waals surface area contributed by atoms with Gasteiger partial charge in [-0.15, -0.1) is 0 Å². The molecule has 1 aromatic rings. The van der Waals surface area contributed by atoms with E-state index in [-0.39, 0.29) is 0 Å². The minimum Gasteiger partial charge on any atom is -0.466 e. The zero-order valence-electron chi connectivity index (χ0n) is 9.34. The van der Waals surface area contributed by atoms with Gasteiger partial charge in [0.2, 0.25) is 0 Å². The molecular weight excluding hydrogens is 176 g/mol. The maximum absolute atomic E-state index is 5.54. The summed E-state index contributed by atoms with van der Waals surface area (Å²) in [6, 6.07) is 2.11. The van der Waals surface area contributed by atoms with Crippen molar-refractivity contribution in [2.45, 2.75) is 27.3 Å². The molecule has 2 N–H and O–H groups in total. The number of aryl methyl sites for hydroxylation is 2. The van der Waals surface area contributed by atoms with Gasteiger partial charge < -0.3 is 10.2 Å². The molecule has 0 radical (unpaired) electrons. The molecule has 0 atom stereocenters. The van der Waals surface area contributed by atoms with Gasteiger partial charge in [-0.3, -0.25) is 4.90 Å². The van der Waals surface area contributed by atoms with Crippen molar-refractivity contribution < 1.29 is 4.42 Å². The largest absolute Gasteiger partial charge is 0.466 e. The van der Waals surface area contributed by atoms with Crippen LogP contribution >= 0.6 is 0 Å². The first-order valence-electron chi connectivity index (χ1n) is 5.15. The number of likely N-dealkylation sites (N-methyl/N-ethyl adjacent to an activating group) is 1. The number of furan rings is 1. The Balaban J connectivity index is 2.61. The molecule has 0 saturated heterocycles. The summed E-state index contributed by atoms with van der Waals surface area (Å²) >= 11 is 0. The van der Waals surface area contributed by atoms with Gasteiger partial charge in [0.05, 0.1) is 0 Å². The van der Waals surface area contributed by atoms with Crippen LogP contribution in [0.5, 0.6) is 0 Å². The molecule has 14 heavy (non-hydrogen) atoms. The van der Waals surface area contributed by atoms with Crippen molar-refractivity contribution in [2.75, 3.05) is 19.6 Å². The molecular formula is C11H20N2O. The fraction of sp³-hybridized carbons (Fsp3) is 0.636. The Morgan fingerprint density at radius 3 is 2.57 bits per heavy atom. The average Bonchev–Trinajstić information content (AvgIpc) is 2.44. The minimum atomic E-state index is 0.712. The van der Waals surface area contributed by atoms with E-state index in [0.29, 0.717) is 6.54 Å². The summed E-state index contributed by atoms with van der Waals surface area (Å²) in [6.45, 7) is 9.77. The molecule has 3 heteroatoms. The summed E-state index contributed by atoms with van der Waals surface area (Å²) in [7, 11) is 0. The molecule has 0 aliphatic carbocycles. The lowest BCUT2D eigenvalue weighted by atomic mass is 10.2. The molecule has 0 spiro atoms. The SMILES string of the molecule is CCN(CCN)Cc1cc(C)oc1C. The summed E-state index contributed by atoms with van der Waals surface area (Å²) in [4.78, 5) is 2.32. The van der Waals surface area contributed by atoms with E-state index in [9.17, 15) is 0 Å². The molecule has 0 unspecified atom stereocenters. The Morgan fingerprint density at radius 1 is 1.43 bits per heavy atom. The van der Waals surface area contributed by atoms with Gasteiger partial charge in [-0.25, -0.2) is 0 Å². The van der Waals surface area contributed by atoms with Crippen LogP contribution in [0.3, 0.4) is 0 Å². The van der Waals surface area contributed by atoms with Gasteiger partial charge in [0, 0.05) is 25.2 Å². The lowest BCUT2D eigenvalue weighted by Gasteiger charge is -2.18. The lowest BCUT2D eigenvalue weighted by Crippen LogP contribution is -2.28. The highest BCUT2D eigenvalue weighted by atomic mass is 16.3. The first-order chi connectivity index (χ1) is 6.67. The molecule has 80 valence electrons. The molecule has 1 aromatic heterocycles. The van der Waals surface area contributed by atoms with Crippen molar-refractivity contribution in [3.8, 4) is 0 Å². The van der Waals surface area contributed by atoms with Gasteiger partial charge in [-0.2, -0.15) is 0 Å². The molecule has 3 nitrogen and oxygen atoms in total. The Hall–Kier alpha value is -0.800. The maximum atomic E-state index is 5.54. The maximum Gasteiger partial charge on any atom is 0.105 e. The zero-order chi connectivity index (χ0) is 10.6. The summed E-state index contributed by atoms with van der Waals surface area (Å²) in [5.41, 5.74) is 6.81. The van der Waals surface area contributed by atoms with Crippen molar-refractivity contribution in [1.29, 1.82) is 0 Å². The molecule has 1 heterocycles. The van der Waals surface area contributed by atoms with Gasteiger partial charge in [0.25, 0.3) is 0 Å². The van der Waals surface area contributed by atoms with Gasteiger partial charge in [-0.05, 0) is 26.5 Å². The van der Waals surface area contributed by atoms with Crippen LogP contribution in [0.2, 0.25) is 0 Å². The first-order valence-corrected chi connectivity index (χ1v) is 5.15. The second-order valence-corrected chi connectivity index (χ2v) is 3.60. The van der Waals surface area contributed by atoms with Crippen LogP contribution in [0.15, 0.2) is 10.5 Å². The standard InChI is InChI=1S/C11H20N2O/c1-4-13(6-5-12)8-11-7-9(2)14-10(11)3/h7H,4-6,8,12H2,1-3H3. The second-order valence-electron chi connectivity index (χ2n) is 3.60. The van der Waals surface area contributed by atoms with E-state index >= 15 is 0 Å². The van der Waals surface area contributed by atoms with Gasteiger partial charge >= 0.3 is 0 Å². The Kier molecular flexibility index (Phi) is 4.17. The Bertz CT molecular complexity index is 281. The highest BCUT2D eigenvalue weighted by Gasteiger charge is 2.08. The number of hydrogen-bond donors (Lipinski definition) is 1. The molecule has 0 aliphatic heterocycles. The highest BCUT2D eigenvalue weighted by molar-refractivity contribution is 5.19. The quantitative estimate of drug-likeness (QED) is 0.779. The lowest BCUT2D eigenvalue weighted by molar-refractivity contribution is 0.286. The summed E-state index contributed by atoms with van der Waals surface area (Å²) in [5.74, 6) is 2.01. The normalized spacial score (nSPS) is 11.2. The van der Waals surface area contributed by atoms with Crippen molar-refractivity contribution >= 4 is 0 Å². The van der Waals surface area contributed by atoms with Crippen LogP contribution in [-0.2, 0) is 6.54 Å². The van der Waals surface area contributed by atoms with Crippen LogP contribution in [0.25, 0.3) is 0 Å². The van der Waals surface area contributed by atoms with Crippen LogP contribution in [-0.4, -0.2) is 24.5 Å². The van der Waals surface area contributed by atoms with Crippen molar-refractivity contribution in [3.05, 3.63) is 23.2 Å². The second kappa shape index (κ2) is 5.17. The third-order valence-electron chi connectivity index (χ3n) is 2.43. The number of rotatable bonds is 5. The van der Waals surface area contributed by atoms with Gasteiger partial charge in [0.15, 0.2) is 0 Å². The van der Waals surface area contributed by atoms with Crippen molar-refractivity contribution in [3.63, 3.8) is 0 Å². The van der Waals surface area contributed by atoms with E-state index in [1.54, 1.807) is 0 Å².